The lowest BCUT2D eigenvalue weighted by atomic mass is 10.1. The van der Waals surface area contributed by atoms with Gasteiger partial charge >= 0.3 is 0 Å². The zero-order chi connectivity index (χ0) is 18.9. The fourth-order valence-electron chi connectivity index (χ4n) is 2.87. The molecule has 1 heterocycles. The predicted molar refractivity (Wildman–Crippen MR) is 109 cm³/mol. The summed E-state index contributed by atoms with van der Waals surface area (Å²) in [5.41, 5.74) is 2.07. The van der Waals surface area contributed by atoms with Crippen LogP contribution in [0.5, 0.6) is 5.75 Å². The number of hydrogen-bond acceptors (Lipinski definition) is 3. The monoisotopic (exact) mass is 382 g/mol. The first-order valence-electron chi connectivity index (χ1n) is 9.20. The normalized spacial score (nSPS) is 10.7. The van der Waals surface area contributed by atoms with Crippen molar-refractivity contribution >= 4 is 28.4 Å². The summed E-state index contributed by atoms with van der Waals surface area (Å²) in [4.78, 5) is 16.3. The van der Waals surface area contributed by atoms with Crippen molar-refractivity contribution in [2.45, 2.75) is 25.7 Å². The van der Waals surface area contributed by atoms with Crippen LogP contribution in [0.4, 0.5) is 0 Å². The van der Waals surface area contributed by atoms with Crippen molar-refractivity contribution in [3.8, 4) is 5.75 Å². The highest BCUT2D eigenvalue weighted by Crippen LogP contribution is 2.22. The number of halogens is 1. The van der Waals surface area contributed by atoms with Gasteiger partial charge in [-0.3, -0.25) is 9.78 Å². The van der Waals surface area contributed by atoms with Crippen LogP contribution in [0, 0.1) is 0 Å². The summed E-state index contributed by atoms with van der Waals surface area (Å²) in [6, 6.07) is 17.6. The maximum Gasteiger partial charge on any atom is 0.220 e. The van der Waals surface area contributed by atoms with Crippen molar-refractivity contribution in [1.29, 1.82) is 0 Å². The number of ether oxygens (including phenoxy) is 1. The van der Waals surface area contributed by atoms with Gasteiger partial charge in [-0.2, -0.15) is 0 Å². The number of nitrogens with one attached hydrogen (secondary N) is 1. The van der Waals surface area contributed by atoms with Gasteiger partial charge in [0.25, 0.3) is 0 Å². The van der Waals surface area contributed by atoms with Gasteiger partial charge in [0.2, 0.25) is 5.91 Å². The number of fused-ring (bicyclic) bond motifs is 1. The molecule has 1 amide bonds. The molecular weight excluding hydrogens is 360 g/mol. The van der Waals surface area contributed by atoms with Crippen molar-refractivity contribution in [3.63, 3.8) is 0 Å². The van der Waals surface area contributed by atoms with Crippen LogP contribution in [0.15, 0.2) is 60.8 Å². The van der Waals surface area contributed by atoms with Crippen LogP contribution in [0.3, 0.4) is 0 Å². The van der Waals surface area contributed by atoms with E-state index in [1.807, 2.05) is 54.6 Å². The predicted octanol–water partition coefficient (Wildman–Crippen LogP) is 4.80. The van der Waals surface area contributed by atoms with Crippen LogP contribution >= 0.6 is 11.6 Å². The minimum Gasteiger partial charge on any atom is -0.491 e. The molecule has 0 spiro atoms. The number of amides is 1. The van der Waals surface area contributed by atoms with E-state index >= 15 is 0 Å². The van der Waals surface area contributed by atoms with Gasteiger partial charge in [-0.1, -0.05) is 41.9 Å². The molecule has 140 valence electrons. The molecule has 0 bridgehead atoms. The van der Waals surface area contributed by atoms with Crippen LogP contribution < -0.4 is 10.1 Å². The molecule has 0 fully saturated rings. The number of benzene rings is 2. The Balaban J connectivity index is 1.31. The molecule has 0 aliphatic heterocycles. The lowest BCUT2D eigenvalue weighted by molar-refractivity contribution is -0.121. The SMILES string of the molecule is O=C(CCCc1ccc(Cl)cc1)NCCCOc1cccc2cccnc12. The fourth-order valence-corrected chi connectivity index (χ4v) is 2.99. The third-order valence-electron chi connectivity index (χ3n) is 4.28. The molecule has 0 saturated heterocycles. The summed E-state index contributed by atoms with van der Waals surface area (Å²) < 4.78 is 5.83. The van der Waals surface area contributed by atoms with E-state index in [-0.39, 0.29) is 5.91 Å². The Bertz CT molecular complexity index is 876. The number of nitrogens with zero attached hydrogens (tertiary/aromatic N) is 1. The zero-order valence-electron chi connectivity index (χ0n) is 15.2. The zero-order valence-corrected chi connectivity index (χ0v) is 15.9. The second kappa shape index (κ2) is 9.93. The third-order valence-corrected chi connectivity index (χ3v) is 4.53. The van der Waals surface area contributed by atoms with Crippen LogP contribution in [0.1, 0.15) is 24.8 Å². The van der Waals surface area contributed by atoms with Crippen molar-refractivity contribution in [1.82, 2.24) is 10.3 Å². The number of aryl methyl sites for hydroxylation is 1. The number of carbonyl (C=O) groups is 1. The molecule has 0 unspecified atom stereocenters. The summed E-state index contributed by atoms with van der Waals surface area (Å²) in [6.45, 7) is 1.15. The maximum absolute atomic E-state index is 11.9. The summed E-state index contributed by atoms with van der Waals surface area (Å²) in [6.07, 6.45) is 4.75. The van der Waals surface area contributed by atoms with E-state index in [4.69, 9.17) is 16.3 Å². The van der Waals surface area contributed by atoms with Gasteiger partial charge in [0.15, 0.2) is 0 Å². The number of rotatable bonds is 9. The highest BCUT2D eigenvalue weighted by molar-refractivity contribution is 6.30. The molecule has 3 rings (SSSR count). The van der Waals surface area contributed by atoms with Gasteiger partial charge in [-0.05, 0) is 49.1 Å². The number of para-hydroxylation sites is 1. The van der Waals surface area contributed by atoms with Gasteiger partial charge in [-0.15, -0.1) is 0 Å². The standard InChI is InChI=1S/C22H23ClN2O2/c23-19-12-10-17(11-13-19)5-1-9-21(26)24-15-4-16-27-20-8-2-6-18-7-3-14-25-22(18)20/h2-3,6-8,10-14H,1,4-5,9,15-16H2,(H,24,26). The molecule has 27 heavy (non-hydrogen) atoms. The number of pyridine rings is 1. The van der Waals surface area contributed by atoms with E-state index in [0.29, 0.717) is 19.6 Å². The first kappa shape index (κ1) is 19.2. The Morgan fingerprint density at radius 2 is 1.85 bits per heavy atom. The average molecular weight is 383 g/mol. The van der Waals surface area contributed by atoms with Crippen LogP contribution in [0.2, 0.25) is 5.02 Å². The van der Waals surface area contributed by atoms with Crippen LogP contribution in [-0.2, 0) is 11.2 Å². The lowest BCUT2D eigenvalue weighted by Crippen LogP contribution is -2.25. The number of hydrogen-bond donors (Lipinski definition) is 1. The summed E-state index contributed by atoms with van der Waals surface area (Å²) >= 11 is 5.87. The first-order chi connectivity index (χ1) is 13.2. The quantitative estimate of drug-likeness (QED) is 0.541. The smallest absolute Gasteiger partial charge is 0.220 e. The van der Waals surface area contributed by atoms with E-state index in [2.05, 4.69) is 10.3 Å². The average Bonchev–Trinajstić information content (AvgIpc) is 2.69. The van der Waals surface area contributed by atoms with Gasteiger partial charge in [-0.25, -0.2) is 0 Å². The van der Waals surface area contributed by atoms with Crippen LogP contribution in [0.25, 0.3) is 10.9 Å². The molecule has 1 N–H and O–H groups in total. The Morgan fingerprint density at radius 3 is 2.70 bits per heavy atom. The van der Waals surface area contributed by atoms with Crippen molar-refractivity contribution in [3.05, 3.63) is 71.4 Å². The second-order valence-corrected chi connectivity index (χ2v) is 6.80. The Labute approximate surface area is 164 Å². The fraction of sp³-hybridized carbons (Fsp3) is 0.273. The molecule has 0 aliphatic rings. The number of carbonyl (C=O) groups excluding carboxylic acids is 1. The Kier molecular flexibility index (Phi) is 7.05. The third kappa shape index (κ3) is 5.97. The van der Waals surface area contributed by atoms with Crippen molar-refractivity contribution < 1.29 is 9.53 Å². The van der Waals surface area contributed by atoms with E-state index < -0.39 is 0 Å². The molecule has 0 atom stereocenters. The summed E-state index contributed by atoms with van der Waals surface area (Å²) in [5.74, 6) is 0.859. The molecule has 4 nitrogen and oxygen atoms in total. The minimum atomic E-state index is 0.0794. The minimum absolute atomic E-state index is 0.0794. The molecule has 0 aliphatic carbocycles. The van der Waals surface area contributed by atoms with Gasteiger partial charge < -0.3 is 10.1 Å². The topological polar surface area (TPSA) is 51.2 Å². The largest absolute Gasteiger partial charge is 0.491 e. The molecule has 3 aromatic rings. The van der Waals surface area contributed by atoms with Gasteiger partial charge in [0.1, 0.15) is 11.3 Å². The highest BCUT2D eigenvalue weighted by atomic mass is 35.5. The molecule has 5 heteroatoms. The van der Waals surface area contributed by atoms with Crippen LogP contribution in [-0.4, -0.2) is 24.0 Å². The summed E-state index contributed by atoms with van der Waals surface area (Å²) in [7, 11) is 0. The van der Waals surface area contributed by atoms with Gasteiger partial charge in [0.05, 0.1) is 6.61 Å². The first-order valence-corrected chi connectivity index (χ1v) is 9.58. The second-order valence-electron chi connectivity index (χ2n) is 6.36. The van der Waals surface area contributed by atoms with E-state index in [0.717, 1.165) is 40.9 Å². The molecule has 1 aromatic heterocycles. The van der Waals surface area contributed by atoms with Crippen molar-refractivity contribution in [2.75, 3.05) is 13.2 Å². The molecule has 2 aromatic carbocycles. The molecular formula is C22H23ClN2O2. The van der Waals surface area contributed by atoms with Crippen molar-refractivity contribution in [2.24, 2.45) is 0 Å². The number of aromatic nitrogens is 1. The highest BCUT2D eigenvalue weighted by Gasteiger charge is 2.04. The Morgan fingerprint density at radius 1 is 1.04 bits per heavy atom. The van der Waals surface area contributed by atoms with E-state index in [9.17, 15) is 4.79 Å². The molecule has 0 radical (unpaired) electrons. The maximum atomic E-state index is 11.9. The van der Waals surface area contributed by atoms with E-state index in [1.54, 1.807) is 6.20 Å². The molecule has 0 saturated carbocycles. The summed E-state index contributed by atoms with van der Waals surface area (Å²) in [5, 5.41) is 4.74. The lowest BCUT2D eigenvalue weighted by Gasteiger charge is -2.09. The van der Waals surface area contributed by atoms with Gasteiger partial charge in [0, 0.05) is 29.6 Å². The van der Waals surface area contributed by atoms with E-state index in [1.165, 1.54) is 5.56 Å². The Hall–Kier alpha value is -2.59.